The van der Waals surface area contributed by atoms with Crippen LogP contribution < -0.4 is 15.8 Å². The van der Waals surface area contributed by atoms with Crippen LogP contribution in [0, 0.1) is 0 Å². The Labute approximate surface area is 206 Å². The lowest BCUT2D eigenvalue weighted by Gasteiger charge is -2.25. The molecule has 3 atom stereocenters. The van der Waals surface area contributed by atoms with E-state index in [9.17, 15) is 19.8 Å². The van der Waals surface area contributed by atoms with Crippen molar-refractivity contribution >= 4 is 17.5 Å². The number of methoxy groups -OCH3 is 1. The Hall–Kier alpha value is -3.20. The summed E-state index contributed by atoms with van der Waals surface area (Å²) in [6, 6.07) is 3.41. The molecule has 1 aromatic carbocycles. The van der Waals surface area contributed by atoms with Crippen LogP contribution in [-0.4, -0.2) is 54.1 Å². The number of dihydropyridines is 1. The first-order chi connectivity index (χ1) is 16.6. The molecule has 0 radical (unpaired) electrons. The van der Waals surface area contributed by atoms with E-state index < -0.39 is 30.3 Å². The van der Waals surface area contributed by atoms with Gasteiger partial charge in [0.25, 0.3) is 0 Å². The van der Waals surface area contributed by atoms with Crippen molar-refractivity contribution in [2.45, 2.75) is 77.6 Å². The molecule has 9 heteroatoms. The summed E-state index contributed by atoms with van der Waals surface area (Å²) in [6.45, 7) is 5.13. The average Bonchev–Trinajstić information content (AvgIpc) is 2.80. The first-order valence-electron chi connectivity index (χ1n) is 12.0. The van der Waals surface area contributed by atoms with Gasteiger partial charge in [0.2, 0.25) is 0 Å². The fourth-order valence-electron chi connectivity index (χ4n) is 4.10. The average molecular weight is 491 g/mol. The Bertz CT molecular complexity index is 942. The number of ether oxygens (including phenoxy) is 3. The van der Waals surface area contributed by atoms with E-state index in [1.165, 1.54) is 21.0 Å². The molecule has 1 heterocycles. The molecule has 0 spiro atoms. The summed E-state index contributed by atoms with van der Waals surface area (Å²) in [6.07, 6.45) is 5.14. The van der Waals surface area contributed by atoms with Gasteiger partial charge in [-0.25, -0.2) is 0 Å². The monoisotopic (exact) mass is 490 g/mol. The van der Waals surface area contributed by atoms with E-state index in [0.717, 1.165) is 16.7 Å². The molecule has 0 bridgehead atoms. The van der Waals surface area contributed by atoms with Crippen molar-refractivity contribution in [2.24, 2.45) is 5.73 Å². The van der Waals surface area contributed by atoms with E-state index in [-0.39, 0.29) is 5.75 Å². The van der Waals surface area contributed by atoms with Gasteiger partial charge in [0, 0.05) is 26.8 Å². The molecule has 0 aromatic heterocycles. The van der Waals surface area contributed by atoms with Crippen LogP contribution in [0.4, 0.5) is 0 Å². The van der Waals surface area contributed by atoms with Crippen molar-refractivity contribution in [3.8, 4) is 11.5 Å². The zero-order chi connectivity index (χ0) is 26.0. The lowest BCUT2D eigenvalue weighted by atomic mass is 9.92. The maximum atomic E-state index is 11.8. The lowest BCUT2D eigenvalue weighted by Crippen LogP contribution is -2.28. The molecular weight excluding hydrogens is 452 g/mol. The molecule has 0 amide bonds. The number of hydrogen-bond acceptors (Lipinski definition) is 9. The zero-order valence-electron chi connectivity index (χ0n) is 21.0. The van der Waals surface area contributed by atoms with Gasteiger partial charge >= 0.3 is 11.9 Å². The summed E-state index contributed by atoms with van der Waals surface area (Å²) in [5, 5.41) is 23.3. The highest BCUT2D eigenvalue weighted by Gasteiger charge is 2.23. The molecule has 194 valence electrons. The number of nitrogens with two attached hydrogens (primary N) is 1. The number of aliphatic hydroxyl groups is 1. The Morgan fingerprint density at radius 3 is 2.34 bits per heavy atom. The Balaban J connectivity index is 2.26. The summed E-state index contributed by atoms with van der Waals surface area (Å²) in [4.78, 5) is 23.5. The molecule has 2 rings (SSSR count). The highest BCUT2D eigenvalue weighted by Crippen LogP contribution is 2.35. The third-order valence-electron chi connectivity index (χ3n) is 5.87. The highest BCUT2D eigenvalue weighted by molar-refractivity contribution is 5.79. The number of allylic oxidation sites excluding steroid dienone is 2. The number of phenols is 1. The Morgan fingerprint density at radius 1 is 1.11 bits per heavy atom. The molecule has 0 saturated heterocycles. The molecule has 5 N–H and O–H groups in total. The number of carbonyl (C=O) groups excluding carboxylic acids is 2. The van der Waals surface area contributed by atoms with E-state index in [4.69, 9.17) is 19.9 Å². The van der Waals surface area contributed by atoms with Gasteiger partial charge in [-0.15, -0.1) is 0 Å². The number of benzene rings is 1. The molecule has 1 aromatic rings. The van der Waals surface area contributed by atoms with Crippen LogP contribution in [0.2, 0.25) is 0 Å². The molecule has 0 unspecified atom stereocenters. The van der Waals surface area contributed by atoms with E-state index in [2.05, 4.69) is 5.32 Å². The third-order valence-corrected chi connectivity index (χ3v) is 5.87. The number of hydrogen-bond donors (Lipinski definition) is 4. The van der Waals surface area contributed by atoms with Crippen LogP contribution in [-0.2, 0) is 25.5 Å². The van der Waals surface area contributed by atoms with E-state index in [1.54, 1.807) is 18.2 Å². The van der Waals surface area contributed by atoms with Gasteiger partial charge in [0.1, 0.15) is 12.2 Å². The normalized spacial score (nSPS) is 15.7. The van der Waals surface area contributed by atoms with E-state index in [0.29, 0.717) is 56.6 Å². The van der Waals surface area contributed by atoms with Crippen molar-refractivity contribution in [3.63, 3.8) is 0 Å². The van der Waals surface area contributed by atoms with Crippen molar-refractivity contribution in [2.75, 3.05) is 13.7 Å². The zero-order valence-corrected chi connectivity index (χ0v) is 21.0. The van der Waals surface area contributed by atoms with Gasteiger partial charge in [0.05, 0.1) is 19.0 Å². The highest BCUT2D eigenvalue weighted by atomic mass is 16.6. The second kappa shape index (κ2) is 13.6. The number of nitrogens with one attached hydrogen (secondary N) is 1. The van der Waals surface area contributed by atoms with Crippen LogP contribution in [0.1, 0.15) is 64.0 Å². The summed E-state index contributed by atoms with van der Waals surface area (Å²) in [5.74, 6) is 0.0324. The maximum Gasteiger partial charge on any atom is 0.302 e. The van der Waals surface area contributed by atoms with Gasteiger partial charge in [-0.1, -0.05) is 13.0 Å². The first kappa shape index (κ1) is 28.0. The number of carbonyl (C=O) groups is 2. The topological polar surface area (TPSA) is 140 Å². The molecule has 9 nitrogen and oxygen atoms in total. The number of esters is 2. The van der Waals surface area contributed by atoms with E-state index in [1.807, 2.05) is 13.0 Å². The summed E-state index contributed by atoms with van der Waals surface area (Å²) < 4.78 is 16.3. The second-order valence-corrected chi connectivity index (χ2v) is 8.70. The van der Waals surface area contributed by atoms with Crippen LogP contribution >= 0.6 is 0 Å². The van der Waals surface area contributed by atoms with Gasteiger partial charge in [-0.05, 0) is 67.0 Å². The number of aryl methyl sites for hydroxylation is 1. The molecule has 1 aliphatic rings. The standard InChI is InChI=1S/C26H38N2O7/c1-5-20(31)7-9-22(35-17(3)30)14-21(34-16(2)29)8-6-18-12-25(33-4)24(32)15-23(18)19-10-11-28-26(27)13-19/h10,12-13,15,20-22,28,31-32H,5-9,11,14,27H2,1-4H3/t20-,21+,22-/m0/s1. The minimum atomic E-state index is -0.508. The molecule has 35 heavy (non-hydrogen) atoms. The summed E-state index contributed by atoms with van der Waals surface area (Å²) in [5.41, 5.74) is 8.50. The number of phenolic OH excluding ortho intramolecular Hbond substituents is 1. The minimum Gasteiger partial charge on any atom is -0.504 e. The molecular formula is C26H38N2O7. The van der Waals surface area contributed by atoms with Gasteiger partial charge in [-0.3, -0.25) is 9.59 Å². The van der Waals surface area contributed by atoms with Crippen molar-refractivity contribution in [1.82, 2.24) is 5.32 Å². The predicted molar refractivity (Wildman–Crippen MR) is 132 cm³/mol. The quantitative estimate of drug-likeness (QED) is 0.307. The predicted octanol–water partition coefficient (Wildman–Crippen LogP) is 2.92. The van der Waals surface area contributed by atoms with Crippen LogP contribution in [0.3, 0.4) is 0 Å². The SMILES string of the molecule is CC[C@H](O)CC[C@@H](C[C@@H](CCc1cc(OC)c(O)cc1C1=CCNC(N)=C1)OC(C)=O)OC(C)=O. The Morgan fingerprint density at radius 2 is 1.77 bits per heavy atom. The van der Waals surface area contributed by atoms with Crippen molar-refractivity contribution in [1.29, 1.82) is 0 Å². The molecule has 1 aliphatic heterocycles. The fourth-order valence-corrected chi connectivity index (χ4v) is 4.10. The van der Waals surface area contributed by atoms with E-state index >= 15 is 0 Å². The molecule has 0 saturated carbocycles. The molecule has 0 fully saturated rings. The summed E-state index contributed by atoms with van der Waals surface area (Å²) in [7, 11) is 1.48. The largest absolute Gasteiger partial charge is 0.504 e. The van der Waals surface area contributed by atoms with Crippen LogP contribution in [0.5, 0.6) is 11.5 Å². The maximum absolute atomic E-state index is 11.8. The first-order valence-corrected chi connectivity index (χ1v) is 12.0. The van der Waals surface area contributed by atoms with Crippen molar-refractivity contribution in [3.05, 3.63) is 41.2 Å². The Kier molecular flexibility index (Phi) is 10.9. The minimum absolute atomic E-state index is 0.0126. The lowest BCUT2D eigenvalue weighted by molar-refractivity contribution is -0.153. The number of aromatic hydroxyl groups is 1. The molecule has 0 aliphatic carbocycles. The fraction of sp³-hybridized carbons (Fsp3) is 0.538. The van der Waals surface area contributed by atoms with Crippen molar-refractivity contribution < 1.29 is 34.0 Å². The smallest absolute Gasteiger partial charge is 0.302 e. The number of aliphatic hydroxyl groups excluding tert-OH is 1. The third kappa shape index (κ3) is 9.16. The van der Waals surface area contributed by atoms with Crippen LogP contribution in [0.25, 0.3) is 5.57 Å². The van der Waals surface area contributed by atoms with Gasteiger partial charge in [0.15, 0.2) is 11.5 Å². The van der Waals surface area contributed by atoms with Crippen LogP contribution in [0.15, 0.2) is 30.1 Å². The van der Waals surface area contributed by atoms with Gasteiger partial charge < -0.3 is 35.5 Å². The second-order valence-electron chi connectivity index (χ2n) is 8.70. The van der Waals surface area contributed by atoms with Gasteiger partial charge in [-0.2, -0.15) is 0 Å². The summed E-state index contributed by atoms with van der Waals surface area (Å²) >= 11 is 0. The number of rotatable bonds is 13.